The van der Waals surface area contributed by atoms with Crippen LogP contribution >= 0.6 is 11.6 Å². The Morgan fingerprint density at radius 2 is 2.21 bits per heavy atom. The Morgan fingerprint density at radius 1 is 1.47 bits per heavy atom. The molecular weight excluding hydrogens is 288 g/mol. The number of pyridine rings is 1. The molecule has 1 unspecified atom stereocenters. The third-order valence-corrected chi connectivity index (χ3v) is 4.71. The van der Waals surface area contributed by atoms with Crippen molar-refractivity contribution < 1.29 is 13.5 Å². The van der Waals surface area contributed by atoms with E-state index < -0.39 is 10.0 Å². The number of nitrogens with one attached hydrogen (secondary N) is 1. The molecule has 7 heteroatoms. The fourth-order valence-corrected chi connectivity index (χ4v) is 3.59. The molecule has 0 aromatic carbocycles. The largest absolute Gasteiger partial charge is 0.396 e. The standard InChI is InChI=1S/C12H17ClN2O3S/c13-12-4-1-9(7-14-12)8-19(17,18)15-11(5-6-16)10-2-3-10/h1,4,7,10-11,15-16H,2-3,5-6,8H2. The van der Waals surface area contributed by atoms with E-state index >= 15 is 0 Å². The summed E-state index contributed by atoms with van der Waals surface area (Å²) in [6.07, 6.45) is 3.97. The maximum atomic E-state index is 12.0. The molecule has 0 amide bonds. The highest BCUT2D eigenvalue weighted by Gasteiger charge is 2.33. The van der Waals surface area contributed by atoms with E-state index in [4.69, 9.17) is 16.7 Å². The van der Waals surface area contributed by atoms with Gasteiger partial charge in [-0.2, -0.15) is 0 Å². The molecule has 0 radical (unpaired) electrons. The molecule has 106 valence electrons. The zero-order chi connectivity index (χ0) is 13.9. The maximum Gasteiger partial charge on any atom is 0.216 e. The van der Waals surface area contributed by atoms with Gasteiger partial charge in [-0.15, -0.1) is 0 Å². The second kappa shape index (κ2) is 6.17. The van der Waals surface area contributed by atoms with E-state index in [0.29, 0.717) is 23.1 Å². The molecule has 1 saturated carbocycles. The molecule has 1 atom stereocenters. The average molecular weight is 305 g/mol. The third kappa shape index (κ3) is 4.72. The SMILES string of the molecule is O=S(=O)(Cc1ccc(Cl)nc1)NC(CCO)C1CC1. The first kappa shape index (κ1) is 14.7. The van der Waals surface area contributed by atoms with Crippen LogP contribution < -0.4 is 4.72 Å². The fourth-order valence-electron chi connectivity index (χ4n) is 2.01. The predicted molar refractivity (Wildman–Crippen MR) is 73.2 cm³/mol. The van der Waals surface area contributed by atoms with Crippen molar-refractivity contribution in [2.45, 2.75) is 31.1 Å². The summed E-state index contributed by atoms with van der Waals surface area (Å²) < 4.78 is 26.8. The molecule has 1 aliphatic rings. The number of hydrogen-bond acceptors (Lipinski definition) is 4. The molecule has 1 aromatic rings. The molecule has 1 aliphatic carbocycles. The molecule has 1 heterocycles. The van der Waals surface area contributed by atoms with Crippen LogP contribution in [0, 0.1) is 5.92 Å². The van der Waals surface area contributed by atoms with Crippen molar-refractivity contribution in [3.8, 4) is 0 Å². The number of hydrogen-bond donors (Lipinski definition) is 2. The molecule has 0 spiro atoms. The van der Waals surface area contributed by atoms with Crippen LogP contribution in [0.5, 0.6) is 0 Å². The smallest absolute Gasteiger partial charge is 0.216 e. The summed E-state index contributed by atoms with van der Waals surface area (Å²) >= 11 is 5.65. The lowest BCUT2D eigenvalue weighted by Crippen LogP contribution is -2.37. The summed E-state index contributed by atoms with van der Waals surface area (Å²) in [5, 5.41) is 9.31. The van der Waals surface area contributed by atoms with Gasteiger partial charge in [-0.3, -0.25) is 0 Å². The molecule has 0 bridgehead atoms. The number of aliphatic hydroxyl groups excluding tert-OH is 1. The minimum absolute atomic E-state index is 0.00775. The minimum atomic E-state index is -3.42. The van der Waals surface area contributed by atoms with Gasteiger partial charge in [0, 0.05) is 18.8 Å². The van der Waals surface area contributed by atoms with Gasteiger partial charge in [-0.1, -0.05) is 17.7 Å². The van der Waals surface area contributed by atoms with E-state index in [1.165, 1.54) is 6.20 Å². The molecule has 5 nitrogen and oxygen atoms in total. The van der Waals surface area contributed by atoms with Crippen molar-refractivity contribution in [1.29, 1.82) is 0 Å². The van der Waals surface area contributed by atoms with Crippen LogP contribution in [0.2, 0.25) is 5.15 Å². The van der Waals surface area contributed by atoms with Crippen LogP contribution in [0.1, 0.15) is 24.8 Å². The first-order valence-corrected chi connectivity index (χ1v) is 8.24. The molecule has 1 fully saturated rings. The van der Waals surface area contributed by atoms with E-state index in [1.54, 1.807) is 12.1 Å². The van der Waals surface area contributed by atoms with Crippen LogP contribution in [0.25, 0.3) is 0 Å². The second-order valence-electron chi connectivity index (χ2n) is 4.82. The van der Waals surface area contributed by atoms with Crippen molar-refractivity contribution in [1.82, 2.24) is 9.71 Å². The van der Waals surface area contributed by atoms with E-state index in [1.807, 2.05) is 0 Å². The summed E-state index contributed by atoms with van der Waals surface area (Å²) in [7, 11) is -3.42. The normalized spacial score (nSPS) is 17.4. The quantitative estimate of drug-likeness (QED) is 0.745. The van der Waals surface area contributed by atoms with Crippen LogP contribution in [-0.2, 0) is 15.8 Å². The van der Waals surface area contributed by atoms with Gasteiger partial charge in [-0.25, -0.2) is 18.1 Å². The number of aromatic nitrogens is 1. The lowest BCUT2D eigenvalue weighted by molar-refractivity contribution is 0.265. The fraction of sp³-hybridized carbons (Fsp3) is 0.583. The minimum Gasteiger partial charge on any atom is -0.396 e. The molecule has 0 aliphatic heterocycles. The zero-order valence-electron chi connectivity index (χ0n) is 10.4. The van der Waals surface area contributed by atoms with E-state index in [0.717, 1.165) is 12.8 Å². The van der Waals surface area contributed by atoms with Crippen molar-refractivity contribution in [2.75, 3.05) is 6.61 Å². The highest BCUT2D eigenvalue weighted by molar-refractivity contribution is 7.88. The van der Waals surface area contributed by atoms with Gasteiger partial charge in [0.25, 0.3) is 0 Å². The van der Waals surface area contributed by atoms with Gasteiger partial charge in [0.1, 0.15) is 5.15 Å². The summed E-state index contributed by atoms with van der Waals surface area (Å²) in [4.78, 5) is 3.86. The maximum absolute atomic E-state index is 12.0. The number of nitrogens with zero attached hydrogens (tertiary/aromatic N) is 1. The Balaban J connectivity index is 1.99. The summed E-state index contributed by atoms with van der Waals surface area (Å²) in [6.45, 7) is -0.00775. The van der Waals surface area contributed by atoms with Gasteiger partial charge < -0.3 is 5.11 Å². The number of rotatable bonds is 7. The van der Waals surface area contributed by atoms with Crippen molar-refractivity contribution >= 4 is 21.6 Å². The van der Waals surface area contributed by atoms with E-state index in [2.05, 4.69) is 9.71 Å². The molecule has 2 rings (SSSR count). The Hall–Kier alpha value is -0.690. The third-order valence-electron chi connectivity index (χ3n) is 3.11. The molecule has 2 N–H and O–H groups in total. The molecular formula is C12H17ClN2O3S. The highest BCUT2D eigenvalue weighted by atomic mass is 35.5. The first-order chi connectivity index (χ1) is 9.00. The van der Waals surface area contributed by atoms with Crippen molar-refractivity contribution in [3.63, 3.8) is 0 Å². The monoisotopic (exact) mass is 304 g/mol. The Bertz CT molecular complexity index is 514. The Morgan fingerprint density at radius 3 is 2.74 bits per heavy atom. The summed E-state index contributed by atoms with van der Waals surface area (Å²) in [5.74, 6) is 0.247. The van der Waals surface area contributed by atoms with Crippen molar-refractivity contribution in [3.05, 3.63) is 29.0 Å². The number of aliphatic hydroxyl groups is 1. The lowest BCUT2D eigenvalue weighted by Gasteiger charge is -2.17. The molecule has 0 saturated heterocycles. The molecule has 19 heavy (non-hydrogen) atoms. The summed E-state index contributed by atoms with van der Waals surface area (Å²) in [6, 6.07) is 3.06. The van der Waals surface area contributed by atoms with Gasteiger partial charge in [-0.05, 0) is 36.8 Å². The zero-order valence-corrected chi connectivity index (χ0v) is 12.0. The topological polar surface area (TPSA) is 79.3 Å². The average Bonchev–Trinajstić information content (AvgIpc) is 3.15. The summed E-state index contributed by atoms with van der Waals surface area (Å²) in [5.41, 5.74) is 0.593. The second-order valence-corrected chi connectivity index (χ2v) is 6.96. The van der Waals surface area contributed by atoms with Gasteiger partial charge in [0.2, 0.25) is 10.0 Å². The van der Waals surface area contributed by atoms with Crippen LogP contribution in [0.15, 0.2) is 18.3 Å². The predicted octanol–water partition coefficient (Wildman–Crippen LogP) is 1.32. The van der Waals surface area contributed by atoms with Gasteiger partial charge >= 0.3 is 0 Å². The van der Waals surface area contributed by atoms with Crippen molar-refractivity contribution in [2.24, 2.45) is 5.92 Å². The van der Waals surface area contributed by atoms with E-state index in [-0.39, 0.29) is 18.4 Å². The Labute approximate surface area is 118 Å². The lowest BCUT2D eigenvalue weighted by atomic mass is 10.1. The number of sulfonamides is 1. The van der Waals surface area contributed by atoms with E-state index in [9.17, 15) is 8.42 Å². The van der Waals surface area contributed by atoms with Gasteiger partial charge in [0.05, 0.1) is 5.75 Å². The van der Waals surface area contributed by atoms with Crippen LogP contribution in [-0.4, -0.2) is 31.2 Å². The van der Waals surface area contributed by atoms with Crippen LogP contribution in [0.3, 0.4) is 0 Å². The number of halogens is 1. The molecule has 1 aromatic heterocycles. The van der Waals surface area contributed by atoms with Gasteiger partial charge in [0.15, 0.2) is 0 Å². The first-order valence-electron chi connectivity index (χ1n) is 6.21. The highest BCUT2D eigenvalue weighted by Crippen LogP contribution is 2.34. The van der Waals surface area contributed by atoms with Crippen LogP contribution in [0.4, 0.5) is 0 Å². The Kier molecular flexibility index (Phi) is 4.78.